The normalized spacial score (nSPS) is 12.0. The minimum Gasteiger partial charge on any atom is -0.508 e. The zero-order valence-electron chi connectivity index (χ0n) is 12.4. The summed E-state index contributed by atoms with van der Waals surface area (Å²) in [5.41, 5.74) is 0.905. The molecule has 0 saturated carbocycles. The summed E-state index contributed by atoms with van der Waals surface area (Å²) < 4.78 is 5.40. The van der Waals surface area contributed by atoms with Gasteiger partial charge in [0.15, 0.2) is 0 Å². The Hall–Kier alpha value is -3.08. The summed E-state index contributed by atoms with van der Waals surface area (Å²) in [4.78, 5) is 16.2. The monoisotopic (exact) mass is 309 g/mol. The van der Waals surface area contributed by atoms with Crippen molar-refractivity contribution in [2.24, 2.45) is 0 Å². The zero-order chi connectivity index (χ0) is 16.4. The standard InChI is InChI=1S/C18H15NO4/c1-11(12-6-8-19-9-7-12)23-18(22)16-4-2-13-10-14(20)3-5-15(13)17(16)21/h2-11,20-21H,1H3/t11-/m0/s1. The van der Waals surface area contributed by atoms with E-state index in [1.54, 1.807) is 43.6 Å². The van der Waals surface area contributed by atoms with Gasteiger partial charge in [-0.25, -0.2) is 4.79 Å². The predicted octanol–water partition coefficient (Wildman–Crippen LogP) is 3.56. The maximum Gasteiger partial charge on any atom is 0.342 e. The lowest BCUT2D eigenvalue weighted by Crippen LogP contribution is -2.09. The Morgan fingerprint density at radius 1 is 1.09 bits per heavy atom. The van der Waals surface area contributed by atoms with E-state index in [9.17, 15) is 15.0 Å². The van der Waals surface area contributed by atoms with Crippen molar-refractivity contribution in [2.75, 3.05) is 0 Å². The van der Waals surface area contributed by atoms with Crippen molar-refractivity contribution in [1.29, 1.82) is 0 Å². The van der Waals surface area contributed by atoms with Crippen LogP contribution in [-0.4, -0.2) is 21.2 Å². The molecular weight excluding hydrogens is 294 g/mol. The first-order valence-corrected chi connectivity index (χ1v) is 7.12. The molecule has 0 aliphatic carbocycles. The van der Waals surface area contributed by atoms with Crippen LogP contribution in [0.1, 0.15) is 28.9 Å². The third-order valence-electron chi connectivity index (χ3n) is 3.65. The van der Waals surface area contributed by atoms with Gasteiger partial charge in [0.2, 0.25) is 0 Å². The molecule has 0 bridgehead atoms. The average molecular weight is 309 g/mol. The second kappa shape index (κ2) is 5.96. The molecule has 0 spiro atoms. The Labute approximate surface area is 132 Å². The van der Waals surface area contributed by atoms with Crippen LogP contribution in [0.4, 0.5) is 0 Å². The van der Waals surface area contributed by atoms with E-state index in [1.165, 1.54) is 18.2 Å². The highest BCUT2D eigenvalue weighted by Gasteiger charge is 2.18. The van der Waals surface area contributed by atoms with Crippen molar-refractivity contribution in [3.63, 3.8) is 0 Å². The molecule has 3 aromatic rings. The molecule has 0 radical (unpaired) electrons. The molecule has 1 aromatic heterocycles. The smallest absolute Gasteiger partial charge is 0.342 e. The molecule has 0 unspecified atom stereocenters. The molecule has 2 aromatic carbocycles. The number of carbonyl (C=O) groups excluding carboxylic acids is 1. The van der Waals surface area contributed by atoms with E-state index in [2.05, 4.69) is 4.98 Å². The lowest BCUT2D eigenvalue weighted by atomic mass is 10.0. The number of hydrogen-bond donors (Lipinski definition) is 2. The fraction of sp³-hybridized carbons (Fsp3) is 0.111. The SMILES string of the molecule is C[C@H](OC(=O)c1ccc2cc(O)ccc2c1O)c1ccncc1. The predicted molar refractivity (Wildman–Crippen MR) is 85.3 cm³/mol. The van der Waals surface area contributed by atoms with Crippen LogP contribution in [0.25, 0.3) is 10.8 Å². The van der Waals surface area contributed by atoms with Crippen LogP contribution < -0.4 is 0 Å². The van der Waals surface area contributed by atoms with E-state index in [0.29, 0.717) is 10.8 Å². The number of aromatic hydroxyl groups is 2. The van der Waals surface area contributed by atoms with Crippen LogP contribution in [0, 0.1) is 0 Å². The minimum absolute atomic E-state index is 0.0871. The quantitative estimate of drug-likeness (QED) is 0.723. The van der Waals surface area contributed by atoms with Gasteiger partial charge in [-0.05, 0) is 54.3 Å². The largest absolute Gasteiger partial charge is 0.508 e. The summed E-state index contributed by atoms with van der Waals surface area (Å²) in [6.07, 6.45) is 2.79. The van der Waals surface area contributed by atoms with E-state index < -0.39 is 12.1 Å². The Kier molecular flexibility index (Phi) is 3.85. The highest BCUT2D eigenvalue weighted by molar-refractivity contribution is 6.01. The fourth-order valence-corrected chi connectivity index (χ4v) is 2.39. The first kappa shape index (κ1) is 14.8. The van der Waals surface area contributed by atoms with Crippen molar-refractivity contribution in [3.05, 3.63) is 66.0 Å². The first-order valence-electron chi connectivity index (χ1n) is 7.12. The summed E-state index contributed by atoms with van der Waals surface area (Å²) in [7, 11) is 0. The van der Waals surface area contributed by atoms with E-state index in [-0.39, 0.29) is 17.1 Å². The van der Waals surface area contributed by atoms with Crippen LogP contribution in [0.5, 0.6) is 11.5 Å². The molecule has 116 valence electrons. The average Bonchev–Trinajstić information content (AvgIpc) is 2.55. The summed E-state index contributed by atoms with van der Waals surface area (Å²) in [6, 6.07) is 11.2. The molecule has 23 heavy (non-hydrogen) atoms. The van der Waals surface area contributed by atoms with Crippen molar-refractivity contribution >= 4 is 16.7 Å². The maximum absolute atomic E-state index is 12.3. The second-order valence-corrected chi connectivity index (χ2v) is 5.20. The molecule has 1 heterocycles. The van der Waals surface area contributed by atoms with Gasteiger partial charge in [0, 0.05) is 17.8 Å². The van der Waals surface area contributed by atoms with Crippen LogP contribution in [-0.2, 0) is 4.74 Å². The second-order valence-electron chi connectivity index (χ2n) is 5.20. The lowest BCUT2D eigenvalue weighted by Gasteiger charge is -2.14. The number of hydrogen-bond acceptors (Lipinski definition) is 5. The van der Waals surface area contributed by atoms with E-state index in [0.717, 1.165) is 5.56 Å². The Bertz CT molecular complexity index is 862. The number of phenols is 2. The molecule has 5 heteroatoms. The van der Waals surface area contributed by atoms with Gasteiger partial charge < -0.3 is 14.9 Å². The number of pyridine rings is 1. The van der Waals surface area contributed by atoms with Gasteiger partial charge in [0.1, 0.15) is 23.2 Å². The highest BCUT2D eigenvalue weighted by atomic mass is 16.5. The third-order valence-corrected chi connectivity index (χ3v) is 3.65. The molecule has 5 nitrogen and oxygen atoms in total. The number of fused-ring (bicyclic) bond motifs is 1. The number of carbonyl (C=O) groups is 1. The zero-order valence-corrected chi connectivity index (χ0v) is 12.4. The molecule has 0 aliphatic rings. The van der Waals surface area contributed by atoms with E-state index in [4.69, 9.17) is 4.74 Å². The van der Waals surface area contributed by atoms with E-state index >= 15 is 0 Å². The Morgan fingerprint density at radius 3 is 2.57 bits per heavy atom. The molecule has 0 amide bonds. The molecule has 3 rings (SSSR count). The number of esters is 1. The molecular formula is C18H15NO4. The van der Waals surface area contributed by atoms with Gasteiger partial charge in [-0.15, -0.1) is 0 Å². The number of aromatic nitrogens is 1. The Balaban J connectivity index is 1.89. The van der Waals surface area contributed by atoms with Gasteiger partial charge >= 0.3 is 5.97 Å². The molecule has 0 aliphatic heterocycles. The van der Waals surface area contributed by atoms with Crippen LogP contribution >= 0.6 is 0 Å². The maximum atomic E-state index is 12.3. The van der Waals surface area contributed by atoms with Crippen molar-refractivity contribution < 1.29 is 19.7 Å². The number of benzene rings is 2. The van der Waals surface area contributed by atoms with Crippen molar-refractivity contribution in [2.45, 2.75) is 13.0 Å². The summed E-state index contributed by atoms with van der Waals surface area (Å²) >= 11 is 0. The molecule has 0 saturated heterocycles. The third kappa shape index (κ3) is 2.94. The first-order chi connectivity index (χ1) is 11.1. The summed E-state index contributed by atoms with van der Waals surface area (Å²) in [6.45, 7) is 1.75. The van der Waals surface area contributed by atoms with E-state index in [1.807, 2.05) is 0 Å². The molecule has 0 fully saturated rings. The van der Waals surface area contributed by atoms with Crippen LogP contribution in [0.15, 0.2) is 54.9 Å². The van der Waals surface area contributed by atoms with Crippen LogP contribution in [0.3, 0.4) is 0 Å². The summed E-state index contributed by atoms with van der Waals surface area (Å²) in [5, 5.41) is 20.9. The van der Waals surface area contributed by atoms with Gasteiger partial charge in [0.05, 0.1) is 0 Å². The topological polar surface area (TPSA) is 79.7 Å². The number of nitrogens with zero attached hydrogens (tertiary/aromatic N) is 1. The minimum atomic E-state index is -0.609. The fourth-order valence-electron chi connectivity index (χ4n) is 2.39. The van der Waals surface area contributed by atoms with Gasteiger partial charge in [-0.2, -0.15) is 0 Å². The summed E-state index contributed by atoms with van der Waals surface area (Å²) in [5.74, 6) is -0.672. The van der Waals surface area contributed by atoms with Crippen molar-refractivity contribution in [3.8, 4) is 11.5 Å². The number of ether oxygens (including phenoxy) is 1. The van der Waals surface area contributed by atoms with Gasteiger partial charge in [-0.1, -0.05) is 6.07 Å². The van der Waals surface area contributed by atoms with Gasteiger partial charge in [0.25, 0.3) is 0 Å². The van der Waals surface area contributed by atoms with Gasteiger partial charge in [-0.3, -0.25) is 4.98 Å². The lowest BCUT2D eigenvalue weighted by molar-refractivity contribution is 0.0335. The number of rotatable bonds is 3. The van der Waals surface area contributed by atoms with Crippen molar-refractivity contribution in [1.82, 2.24) is 4.98 Å². The number of phenolic OH excluding ortho intramolecular Hbond substituents is 2. The molecule has 2 N–H and O–H groups in total. The van der Waals surface area contributed by atoms with Crippen LogP contribution in [0.2, 0.25) is 0 Å². The Morgan fingerprint density at radius 2 is 1.83 bits per heavy atom. The molecule has 1 atom stereocenters. The highest BCUT2D eigenvalue weighted by Crippen LogP contribution is 2.32.